The lowest BCUT2D eigenvalue weighted by Crippen LogP contribution is -2.05. The topological polar surface area (TPSA) is 48.1 Å². The lowest BCUT2D eigenvalue weighted by atomic mass is 9.94. The number of nitrogen functional groups attached to an aromatic ring is 1. The van der Waals surface area contributed by atoms with Crippen LogP contribution in [0.4, 0.5) is 18.9 Å². The van der Waals surface area contributed by atoms with E-state index in [1.54, 1.807) is 24.4 Å². The molecule has 24 heavy (non-hydrogen) atoms. The molecule has 0 bridgehead atoms. The summed E-state index contributed by atoms with van der Waals surface area (Å²) in [6.45, 7) is 1.86. The van der Waals surface area contributed by atoms with Crippen molar-refractivity contribution in [1.82, 2.24) is 4.98 Å². The molecule has 1 heterocycles. The third-order valence-electron chi connectivity index (χ3n) is 3.91. The zero-order valence-electron chi connectivity index (χ0n) is 13.1. The minimum atomic E-state index is -4.42. The number of hydrogen-bond acceptors (Lipinski definition) is 3. The summed E-state index contributed by atoms with van der Waals surface area (Å²) in [7, 11) is 1.46. The molecule has 3 aromatic rings. The molecule has 0 saturated heterocycles. The van der Waals surface area contributed by atoms with Crippen LogP contribution in [0.3, 0.4) is 0 Å². The minimum Gasteiger partial charge on any atom is -0.496 e. The number of aryl methyl sites for hydroxylation is 1. The summed E-state index contributed by atoms with van der Waals surface area (Å²) >= 11 is 0. The highest BCUT2D eigenvalue weighted by Crippen LogP contribution is 2.42. The molecule has 0 saturated carbocycles. The Morgan fingerprint density at radius 2 is 1.88 bits per heavy atom. The number of halogens is 3. The van der Waals surface area contributed by atoms with Crippen LogP contribution < -0.4 is 10.5 Å². The van der Waals surface area contributed by atoms with E-state index in [2.05, 4.69) is 4.98 Å². The molecule has 2 N–H and O–H groups in total. The van der Waals surface area contributed by atoms with Gasteiger partial charge in [0.05, 0.1) is 23.9 Å². The molecule has 0 amide bonds. The molecule has 2 aromatic carbocycles. The zero-order valence-corrected chi connectivity index (χ0v) is 13.1. The zero-order chi connectivity index (χ0) is 17.5. The molecule has 1 aromatic heterocycles. The van der Waals surface area contributed by atoms with Gasteiger partial charge in [-0.15, -0.1) is 0 Å². The fourth-order valence-electron chi connectivity index (χ4n) is 2.80. The maximum absolute atomic E-state index is 13.1. The van der Waals surface area contributed by atoms with Crippen molar-refractivity contribution in [3.05, 3.63) is 53.7 Å². The van der Waals surface area contributed by atoms with Crippen LogP contribution in [0.5, 0.6) is 5.75 Å². The van der Waals surface area contributed by atoms with Gasteiger partial charge in [0.1, 0.15) is 5.75 Å². The van der Waals surface area contributed by atoms with Crippen molar-refractivity contribution in [2.75, 3.05) is 12.8 Å². The summed E-state index contributed by atoms with van der Waals surface area (Å²) in [6.07, 6.45) is -2.80. The monoisotopic (exact) mass is 332 g/mol. The Morgan fingerprint density at radius 3 is 2.54 bits per heavy atom. The number of nitrogens with two attached hydrogens (primary N) is 1. The van der Waals surface area contributed by atoms with Crippen molar-refractivity contribution in [2.45, 2.75) is 13.1 Å². The van der Waals surface area contributed by atoms with Gasteiger partial charge in [0.2, 0.25) is 0 Å². The van der Waals surface area contributed by atoms with Crippen molar-refractivity contribution in [2.24, 2.45) is 0 Å². The summed E-state index contributed by atoms with van der Waals surface area (Å²) in [5, 5.41) is 0.689. The number of aromatic nitrogens is 1. The Kier molecular flexibility index (Phi) is 3.83. The van der Waals surface area contributed by atoms with Crippen LogP contribution in [0.2, 0.25) is 0 Å². The molecule has 0 atom stereocenters. The van der Waals surface area contributed by atoms with E-state index in [1.807, 2.05) is 6.92 Å². The summed E-state index contributed by atoms with van der Waals surface area (Å²) in [5.41, 5.74) is 8.09. The number of nitrogens with zero attached hydrogens (tertiary/aromatic N) is 1. The Bertz CT molecular complexity index is 920. The molecule has 0 aliphatic rings. The molecule has 3 nitrogen and oxygen atoms in total. The molecular weight excluding hydrogens is 317 g/mol. The summed E-state index contributed by atoms with van der Waals surface area (Å²) in [4.78, 5) is 4.27. The van der Waals surface area contributed by atoms with E-state index in [0.717, 1.165) is 17.7 Å². The third-order valence-corrected chi connectivity index (χ3v) is 3.91. The highest BCUT2D eigenvalue weighted by molar-refractivity contribution is 6.05. The van der Waals surface area contributed by atoms with Gasteiger partial charge >= 0.3 is 6.18 Å². The number of alkyl halides is 3. The molecule has 0 fully saturated rings. The van der Waals surface area contributed by atoms with Gasteiger partial charge in [0.15, 0.2) is 0 Å². The second-order valence-electron chi connectivity index (χ2n) is 5.47. The lowest BCUT2D eigenvalue weighted by Gasteiger charge is -2.16. The molecule has 6 heteroatoms. The van der Waals surface area contributed by atoms with E-state index in [-0.39, 0.29) is 0 Å². The van der Waals surface area contributed by atoms with Gasteiger partial charge < -0.3 is 10.5 Å². The van der Waals surface area contributed by atoms with E-state index in [9.17, 15) is 13.2 Å². The van der Waals surface area contributed by atoms with Crippen molar-refractivity contribution >= 4 is 16.6 Å². The predicted molar refractivity (Wildman–Crippen MR) is 87.9 cm³/mol. The van der Waals surface area contributed by atoms with E-state index in [0.29, 0.717) is 33.5 Å². The molecule has 124 valence electrons. The van der Waals surface area contributed by atoms with Crippen LogP contribution in [0.25, 0.3) is 22.0 Å². The van der Waals surface area contributed by atoms with Crippen LogP contribution in [0.15, 0.2) is 42.6 Å². The van der Waals surface area contributed by atoms with E-state index in [1.165, 1.54) is 13.2 Å². The smallest absolute Gasteiger partial charge is 0.416 e. The minimum absolute atomic E-state index is 0.405. The molecule has 0 radical (unpaired) electrons. The standard InChI is InChI=1S/C18H15F3N2O/c1-10-6-7-23-17-13(22)9-14(24-2)16(15(10)17)11-4-3-5-12(8-11)18(19,20)21/h3-9H,22H2,1-2H3. The van der Waals surface area contributed by atoms with Gasteiger partial charge in [-0.05, 0) is 36.2 Å². The first-order valence-corrected chi connectivity index (χ1v) is 7.22. The quantitative estimate of drug-likeness (QED) is 0.685. The number of fused-ring (bicyclic) bond motifs is 1. The van der Waals surface area contributed by atoms with Crippen molar-refractivity contribution in [1.29, 1.82) is 0 Å². The van der Waals surface area contributed by atoms with Crippen LogP contribution in [0.1, 0.15) is 11.1 Å². The van der Waals surface area contributed by atoms with Gasteiger partial charge in [-0.1, -0.05) is 12.1 Å². The van der Waals surface area contributed by atoms with Crippen molar-refractivity contribution in [3.63, 3.8) is 0 Å². The number of ether oxygens (including phenoxy) is 1. The van der Waals surface area contributed by atoms with Crippen molar-refractivity contribution in [3.8, 4) is 16.9 Å². The molecule has 0 aliphatic heterocycles. The van der Waals surface area contributed by atoms with Crippen LogP contribution in [-0.2, 0) is 6.18 Å². The molecule has 0 spiro atoms. The predicted octanol–water partition coefficient (Wildman–Crippen LogP) is 4.82. The van der Waals surface area contributed by atoms with Crippen LogP contribution in [0, 0.1) is 6.92 Å². The third kappa shape index (κ3) is 2.64. The fourth-order valence-corrected chi connectivity index (χ4v) is 2.80. The average molecular weight is 332 g/mol. The normalized spacial score (nSPS) is 11.7. The van der Waals surface area contributed by atoms with E-state index < -0.39 is 11.7 Å². The summed E-state index contributed by atoms with van der Waals surface area (Å²) < 4.78 is 44.6. The summed E-state index contributed by atoms with van der Waals surface area (Å²) in [6, 6.07) is 8.53. The number of hydrogen-bond donors (Lipinski definition) is 1. The van der Waals surface area contributed by atoms with Gasteiger partial charge in [-0.2, -0.15) is 13.2 Å². The molecular formula is C18H15F3N2O. The number of pyridine rings is 1. The van der Waals surface area contributed by atoms with Crippen LogP contribution >= 0.6 is 0 Å². The number of methoxy groups -OCH3 is 1. The Balaban J connectivity index is 2.40. The number of anilines is 1. The second-order valence-corrected chi connectivity index (χ2v) is 5.47. The van der Waals surface area contributed by atoms with Gasteiger partial charge in [0.25, 0.3) is 0 Å². The number of rotatable bonds is 2. The maximum Gasteiger partial charge on any atom is 0.416 e. The Morgan fingerprint density at radius 1 is 1.12 bits per heavy atom. The fraction of sp³-hybridized carbons (Fsp3) is 0.167. The number of benzene rings is 2. The van der Waals surface area contributed by atoms with Gasteiger partial charge in [0, 0.05) is 23.2 Å². The molecule has 0 aliphatic carbocycles. The maximum atomic E-state index is 13.1. The highest BCUT2D eigenvalue weighted by atomic mass is 19.4. The van der Waals surface area contributed by atoms with E-state index >= 15 is 0 Å². The molecule has 0 unspecified atom stereocenters. The first-order chi connectivity index (χ1) is 11.3. The second kappa shape index (κ2) is 5.70. The lowest BCUT2D eigenvalue weighted by molar-refractivity contribution is -0.137. The average Bonchev–Trinajstić information content (AvgIpc) is 2.54. The van der Waals surface area contributed by atoms with E-state index in [4.69, 9.17) is 10.5 Å². The first kappa shape index (κ1) is 16.1. The first-order valence-electron chi connectivity index (χ1n) is 7.22. The van der Waals surface area contributed by atoms with Gasteiger partial charge in [-0.3, -0.25) is 4.98 Å². The molecule has 3 rings (SSSR count). The van der Waals surface area contributed by atoms with Crippen LogP contribution in [-0.4, -0.2) is 12.1 Å². The Labute approximate surface area is 136 Å². The SMILES string of the molecule is COc1cc(N)c2nccc(C)c2c1-c1cccc(C(F)(F)F)c1. The Hall–Kier alpha value is -2.76. The highest BCUT2D eigenvalue weighted by Gasteiger charge is 2.31. The summed E-state index contributed by atoms with van der Waals surface area (Å²) in [5.74, 6) is 0.412. The van der Waals surface area contributed by atoms with Gasteiger partial charge in [-0.25, -0.2) is 0 Å². The largest absolute Gasteiger partial charge is 0.496 e. The van der Waals surface area contributed by atoms with Crippen molar-refractivity contribution < 1.29 is 17.9 Å².